The lowest BCUT2D eigenvalue weighted by Crippen LogP contribution is -2.12. The minimum Gasteiger partial charge on any atom is -0.361 e. The van der Waals surface area contributed by atoms with Crippen LogP contribution in [0.1, 0.15) is 6.92 Å². The highest BCUT2D eigenvalue weighted by Crippen LogP contribution is 2.30. The van der Waals surface area contributed by atoms with Gasteiger partial charge in [0.15, 0.2) is 0 Å². The molecule has 0 saturated carbocycles. The molecule has 0 aromatic rings. The van der Waals surface area contributed by atoms with Gasteiger partial charge < -0.3 is 4.90 Å². The second-order valence-corrected chi connectivity index (χ2v) is 3.57. The summed E-state index contributed by atoms with van der Waals surface area (Å²) in [5.41, 5.74) is 4.46. The molecule has 1 atom stereocenters. The summed E-state index contributed by atoms with van der Waals surface area (Å²) in [6.07, 6.45) is 3.92. The first-order chi connectivity index (χ1) is 6.29. The Bertz CT molecular complexity index is 226. The maximum atomic E-state index is 3.79. The predicted molar refractivity (Wildman–Crippen MR) is 62.7 cm³/mol. The zero-order valence-electron chi connectivity index (χ0n) is 8.42. The van der Waals surface area contributed by atoms with Crippen molar-refractivity contribution in [3.8, 4) is 0 Å². The van der Waals surface area contributed by atoms with E-state index in [2.05, 4.69) is 37.4 Å². The summed E-state index contributed by atoms with van der Waals surface area (Å²) >= 11 is 1.89. The third-order valence-corrected chi connectivity index (χ3v) is 2.95. The summed E-state index contributed by atoms with van der Waals surface area (Å²) < 4.78 is 0. The molecule has 1 nitrogen and oxygen atoms in total. The predicted octanol–water partition coefficient (Wildman–Crippen LogP) is 3.04. The van der Waals surface area contributed by atoms with Crippen molar-refractivity contribution in [3.63, 3.8) is 0 Å². The number of thioether (sulfide) groups is 1. The Labute approximate surface area is 85.5 Å². The monoisotopic (exact) mass is 195 g/mol. The topological polar surface area (TPSA) is 3.24 Å². The van der Waals surface area contributed by atoms with E-state index in [0.29, 0.717) is 5.25 Å². The molecule has 0 N–H and O–H groups in total. The molecule has 0 aromatic carbocycles. The van der Waals surface area contributed by atoms with Crippen molar-refractivity contribution in [2.24, 2.45) is 0 Å². The summed E-state index contributed by atoms with van der Waals surface area (Å²) in [4.78, 5) is 2.21. The van der Waals surface area contributed by atoms with E-state index in [0.717, 1.165) is 5.88 Å². The molecule has 2 heteroatoms. The van der Waals surface area contributed by atoms with Gasteiger partial charge in [0.1, 0.15) is 0 Å². The van der Waals surface area contributed by atoms with Crippen molar-refractivity contribution in [2.75, 3.05) is 12.9 Å². The first-order valence-electron chi connectivity index (χ1n) is 4.16. The first kappa shape index (κ1) is 12.2. The lowest BCUT2D eigenvalue weighted by Gasteiger charge is -2.10. The van der Waals surface area contributed by atoms with Crippen LogP contribution in [0.25, 0.3) is 0 Å². The summed E-state index contributed by atoms with van der Waals surface area (Å²) in [6.45, 7) is 11.8. The Morgan fingerprint density at radius 2 is 2.23 bits per heavy atom. The fraction of sp³-hybridized carbons (Fsp3) is 0.364. The van der Waals surface area contributed by atoms with E-state index in [1.165, 1.54) is 5.70 Å². The van der Waals surface area contributed by atoms with Crippen LogP contribution < -0.4 is 0 Å². The summed E-state index contributed by atoms with van der Waals surface area (Å²) in [5.74, 6) is 1.05. The summed E-state index contributed by atoms with van der Waals surface area (Å²) in [6, 6.07) is 0. The highest BCUT2D eigenvalue weighted by Gasteiger charge is 2.22. The van der Waals surface area contributed by atoms with E-state index in [1.54, 1.807) is 0 Å². The van der Waals surface area contributed by atoms with Crippen LogP contribution in [0.3, 0.4) is 0 Å². The average Bonchev–Trinajstić information content (AvgIpc) is 2.52. The molecule has 1 saturated heterocycles. The third kappa shape index (κ3) is 3.17. The molecule has 13 heavy (non-hydrogen) atoms. The van der Waals surface area contributed by atoms with Gasteiger partial charge in [-0.05, 0) is 13.0 Å². The Hall–Kier alpha value is -0.850. The number of rotatable bonds is 1. The molecule has 0 aliphatic carbocycles. The van der Waals surface area contributed by atoms with Crippen LogP contribution in [0.2, 0.25) is 0 Å². The van der Waals surface area contributed by atoms with Gasteiger partial charge in [0.2, 0.25) is 0 Å². The standard InChI is InChI=1S/C9H13NS.C2H4/c1-4-6-8-9(5-2)11-7-10(8)3;1-2/h4-5,9H,2,7H2,1,3H3;1-2H2. The molecule has 0 bridgehead atoms. The van der Waals surface area contributed by atoms with Crippen molar-refractivity contribution >= 4 is 11.8 Å². The Morgan fingerprint density at radius 1 is 1.62 bits per heavy atom. The number of nitrogens with zero attached hydrogens (tertiary/aromatic N) is 1. The minimum atomic E-state index is 0.441. The Kier molecular flexibility index (Phi) is 6.21. The minimum absolute atomic E-state index is 0.441. The molecule has 1 heterocycles. The zero-order chi connectivity index (χ0) is 10.3. The lowest BCUT2D eigenvalue weighted by molar-refractivity contribution is 0.507. The van der Waals surface area contributed by atoms with Gasteiger partial charge in [-0.1, -0.05) is 6.08 Å². The van der Waals surface area contributed by atoms with Crippen LogP contribution in [-0.4, -0.2) is 23.1 Å². The average molecular weight is 195 g/mol. The van der Waals surface area contributed by atoms with Crippen molar-refractivity contribution < 1.29 is 0 Å². The molecule has 1 aliphatic heterocycles. The van der Waals surface area contributed by atoms with Crippen LogP contribution >= 0.6 is 11.8 Å². The van der Waals surface area contributed by atoms with Gasteiger partial charge in [0.05, 0.1) is 16.8 Å². The van der Waals surface area contributed by atoms with Gasteiger partial charge in [0, 0.05) is 7.05 Å². The Morgan fingerprint density at radius 3 is 2.69 bits per heavy atom. The molecule has 0 radical (unpaired) electrons. The van der Waals surface area contributed by atoms with E-state index >= 15 is 0 Å². The first-order valence-corrected chi connectivity index (χ1v) is 5.21. The second kappa shape index (κ2) is 6.64. The van der Waals surface area contributed by atoms with E-state index in [1.807, 2.05) is 30.8 Å². The largest absolute Gasteiger partial charge is 0.361 e. The molecular formula is C11H17NS. The van der Waals surface area contributed by atoms with Gasteiger partial charge in [-0.15, -0.1) is 37.2 Å². The van der Waals surface area contributed by atoms with Crippen LogP contribution in [0.15, 0.2) is 43.3 Å². The normalized spacial score (nSPS) is 20.0. The molecule has 1 aliphatic rings. The highest BCUT2D eigenvalue weighted by atomic mass is 32.2. The van der Waals surface area contributed by atoms with E-state index in [4.69, 9.17) is 0 Å². The van der Waals surface area contributed by atoms with Gasteiger partial charge in [-0.3, -0.25) is 0 Å². The van der Waals surface area contributed by atoms with Gasteiger partial charge in [-0.25, -0.2) is 0 Å². The van der Waals surface area contributed by atoms with Gasteiger partial charge >= 0.3 is 0 Å². The van der Waals surface area contributed by atoms with Crippen molar-refractivity contribution in [1.82, 2.24) is 4.90 Å². The third-order valence-electron chi connectivity index (χ3n) is 1.63. The molecular weight excluding hydrogens is 178 g/mol. The lowest BCUT2D eigenvalue weighted by atomic mass is 10.3. The number of hydrogen-bond donors (Lipinski definition) is 0. The van der Waals surface area contributed by atoms with Crippen LogP contribution in [0.5, 0.6) is 0 Å². The fourth-order valence-corrected chi connectivity index (χ4v) is 2.14. The second-order valence-electron chi connectivity index (χ2n) is 2.47. The molecule has 0 aromatic heterocycles. The smallest absolute Gasteiger partial charge is 0.0737 e. The SMILES string of the molecule is C=C.C=CC1SCN(C)C1=C=CC. The highest BCUT2D eigenvalue weighted by molar-refractivity contribution is 8.00. The zero-order valence-corrected chi connectivity index (χ0v) is 9.23. The number of hydrogen-bond acceptors (Lipinski definition) is 2. The van der Waals surface area contributed by atoms with Crippen molar-refractivity contribution in [1.29, 1.82) is 0 Å². The molecule has 1 fully saturated rings. The molecule has 72 valence electrons. The maximum absolute atomic E-state index is 3.79. The van der Waals surface area contributed by atoms with Gasteiger partial charge in [-0.2, -0.15) is 0 Å². The molecule has 0 amide bonds. The quantitative estimate of drug-likeness (QED) is 0.467. The fourth-order valence-electron chi connectivity index (χ4n) is 1.08. The van der Waals surface area contributed by atoms with Crippen LogP contribution in [-0.2, 0) is 0 Å². The molecule has 1 rings (SSSR count). The van der Waals surface area contributed by atoms with Crippen molar-refractivity contribution in [3.05, 3.63) is 43.3 Å². The van der Waals surface area contributed by atoms with E-state index in [-0.39, 0.29) is 0 Å². The van der Waals surface area contributed by atoms with E-state index < -0.39 is 0 Å². The summed E-state index contributed by atoms with van der Waals surface area (Å²) in [7, 11) is 2.09. The molecule has 1 unspecified atom stereocenters. The maximum Gasteiger partial charge on any atom is 0.0737 e. The van der Waals surface area contributed by atoms with Gasteiger partial charge in [0.25, 0.3) is 0 Å². The van der Waals surface area contributed by atoms with Crippen LogP contribution in [0, 0.1) is 0 Å². The van der Waals surface area contributed by atoms with Crippen molar-refractivity contribution in [2.45, 2.75) is 12.2 Å². The summed E-state index contributed by atoms with van der Waals surface area (Å²) in [5, 5.41) is 0.441. The molecule has 0 spiro atoms. The van der Waals surface area contributed by atoms with Crippen LogP contribution in [0.4, 0.5) is 0 Å². The van der Waals surface area contributed by atoms with E-state index in [9.17, 15) is 0 Å². The Balaban J connectivity index is 0.000000671.